The van der Waals surface area contributed by atoms with E-state index in [1.54, 1.807) is 36.4 Å². The fourth-order valence-electron chi connectivity index (χ4n) is 6.42. The summed E-state index contributed by atoms with van der Waals surface area (Å²) in [5.41, 5.74) is 0.115. The van der Waals surface area contributed by atoms with Gasteiger partial charge in [0.15, 0.2) is 0 Å². The molecular formula is C32H32Cl2FN3O5. The van der Waals surface area contributed by atoms with Crippen LogP contribution in [0.2, 0.25) is 10.0 Å². The lowest BCUT2D eigenvalue weighted by atomic mass is 9.62. The van der Waals surface area contributed by atoms with Gasteiger partial charge in [0.05, 0.1) is 25.3 Å². The molecule has 8 nitrogen and oxygen atoms in total. The third-order valence-electron chi connectivity index (χ3n) is 8.10. The van der Waals surface area contributed by atoms with E-state index in [-0.39, 0.29) is 33.2 Å². The normalized spacial score (nSPS) is 22.7. The van der Waals surface area contributed by atoms with Crippen molar-refractivity contribution in [2.45, 2.75) is 50.6 Å². The van der Waals surface area contributed by atoms with Gasteiger partial charge in [-0.1, -0.05) is 62.2 Å². The molecule has 3 N–H and O–H groups in total. The Morgan fingerprint density at radius 3 is 2.49 bits per heavy atom. The van der Waals surface area contributed by atoms with Gasteiger partial charge in [-0.25, -0.2) is 9.18 Å². The monoisotopic (exact) mass is 627 g/mol. The number of amides is 2. The van der Waals surface area contributed by atoms with Crippen molar-refractivity contribution in [3.8, 4) is 5.75 Å². The highest BCUT2D eigenvalue weighted by atomic mass is 35.5. The second-order valence-corrected chi connectivity index (χ2v) is 12.8. The number of methoxy groups -OCH3 is 2. The Hall–Kier alpha value is -3.66. The van der Waals surface area contributed by atoms with Crippen LogP contribution in [0.25, 0.3) is 0 Å². The summed E-state index contributed by atoms with van der Waals surface area (Å²) in [5, 5.41) is 9.56. The molecule has 3 aromatic rings. The van der Waals surface area contributed by atoms with E-state index in [1.165, 1.54) is 32.4 Å². The minimum Gasteiger partial charge on any atom is -0.496 e. The Morgan fingerprint density at radius 1 is 1.07 bits per heavy atom. The quantitative estimate of drug-likeness (QED) is 0.276. The zero-order valence-electron chi connectivity index (χ0n) is 24.3. The van der Waals surface area contributed by atoms with Gasteiger partial charge in [-0.15, -0.1) is 0 Å². The molecule has 1 spiro atoms. The molecule has 226 valence electrons. The molecule has 2 heterocycles. The number of ether oxygens (including phenoxy) is 2. The van der Waals surface area contributed by atoms with E-state index in [9.17, 15) is 14.4 Å². The van der Waals surface area contributed by atoms with Crippen molar-refractivity contribution >= 4 is 52.4 Å². The fourth-order valence-corrected chi connectivity index (χ4v) is 6.77. The average Bonchev–Trinajstić information content (AvgIpc) is 3.42. The Kier molecular flexibility index (Phi) is 8.19. The van der Waals surface area contributed by atoms with E-state index < -0.39 is 41.1 Å². The third kappa shape index (κ3) is 5.34. The molecule has 1 fully saturated rings. The van der Waals surface area contributed by atoms with Gasteiger partial charge in [0, 0.05) is 34.4 Å². The van der Waals surface area contributed by atoms with Gasteiger partial charge < -0.3 is 25.4 Å². The number of nitrogens with one attached hydrogen (secondary N) is 3. The van der Waals surface area contributed by atoms with Crippen LogP contribution >= 0.6 is 23.2 Å². The van der Waals surface area contributed by atoms with Crippen molar-refractivity contribution in [1.82, 2.24) is 5.32 Å². The summed E-state index contributed by atoms with van der Waals surface area (Å²) in [6.07, 6.45) is 0.479. The van der Waals surface area contributed by atoms with Gasteiger partial charge >= 0.3 is 5.97 Å². The SMILES string of the molecule is COC(=O)c1ccc(NC(=O)C2NC(CC(C)(C)C)C3(C(=O)Nc4cc(Cl)ccc43)C2c2cccc(Cl)c2F)cc1OC. The van der Waals surface area contributed by atoms with E-state index in [0.717, 1.165) is 0 Å². The number of benzene rings is 3. The van der Waals surface area contributed by atoms with Crippen molar-refractivity contribution in [1.29, 1.82) is 0 Å². The van der Waals surface area contributed by atoms with Crippen molar-refractivity contribution in [3.63, 3.8) is 0 Å². The minimum atomic E-state index is -1.38. The van der Waals surface area contributed by atoms with E-state index in [0.29, 0.717) is 28.4 Å². The van der Waals surface area contributed by atoms with E-state index in [2.05, 4.69) is 16.0 Å². The van der Waals surface area contributed by atoms with Crippen LogP contribution < -0.4 is 20.7 Å². The number of carbonyl (C=O) groups is 3. The smallest absolute Gasteiger partial charge is 0.341 e. The molecule has 11 heteroatoms. The van der Waals surface area contributed by atoms with Crippen LogP contribution in [0.3, 0.4) is 0 Å². The predicted octanol–water partition coefficient (Wildman–Crippen LogP) is 6.32. The van der Waals surface area contributed by atoms with Gasteiger partial charge in [-0.3, -0.25) is 9.59 Å². The minimum absolute atomic E-state index is 0.121. The van der Waals surface area contributed by atoms with Crippen molar-refractivity contribution < 1.29 is 28.2 Å². The van der Waals surface area contributed by atoms with Crippen LogP contribution in [-0.2, 0) is 19.7 Å². The number of carbonyl (C=O) groups excluding carboxylic acids is 3. The first-order valence-electron chi connectivity index (χ1n) is 13.7. The zero-order chi connectivity index (χ0) is 31.3. The molecule has 4 unspecified atom stereocenters. The molecule has 2 aliphatic heterocycles. The van der Waals surface area contributed by atoms with Crippen LogP contribution in [0.15, 0.2) is 54.6 Å². The standard InChI is InChI=1S/C32H32Cl2FN3O5/c1-31(2,3)15-24-32(20-12-9-16(33)13-22(20)37-30(32)41)25(19-7-6-8-21(34)26(19)35)27(38-24)28(39)36-17-10-11-18(29(40)43-5)23(14-17)42-4/h6-14,24-25,27,38H,15H2,1-5H3,(H,36,39)(H,37,41). The maximum atomic E-state index is 15.9. The molecule has 0 saturated carbocycles. The summed E-state index contributed by atoms with van der Waals surface area (Å²) in [6, 6.07) is 12.6. The molecule has 4 atom stereocenters. The van der Waals surface area contributed by atoms with Gasteiger partial charge in [-0.05, 0) is 53.3 Å². The number of hydrogen-bond acceptors (Lipinski definition) is 6. The second-order valence-electron chi connectivity index (χ2n) is 12.0. The molecular weight excluding hydrogens is 596 g/mol. The Balaban J connectivity index is 1.67. The van der Waals surface area contributed by atoms with Crippen molar-refractivity contribution in [3.05, 3.63) is 87.2 Å². The van der Waals surface area contributed by atoms with Crippen LogP contribution in [-0.4, -0.2) is 44.1 Å². The number of halogens is 3. The molecule has 0 radical (unpaired) electrons. The molecule has 3 aromatic carbocycles. The lowest BCUT2D eigenvalue weighted by Gasteiger charge is -2.37. The van der Waals surface area contributed by atoms with Crippen LogP contribution in [0.5, 0.6) is 5.75 Å². The number of hydrogen-bond donors (Lipinski definition) is 3. The molecule has 0 aromatic heterocycles. The molecule has 0 aliphatic carbocycles. The topological polar surface area (TPSA) is 106 Å². The highest BCUT2D eigenvalue weighted by molar-refractivity contribution is 6.31. The van der Waals surface area contributed by atoms with Gasteiger partial charge in [0.25, 0.3) is 0 Å². The first-order chi connectivity index (χ1) is 20.3. The predicted molar refractivity (Wildman–Crippen MR) is 164 cm³/mol. The van der Waals surface area contributed by atoms with Gasteiger partial charge in [-0.2, -0.15) is 0 Å². The van der Waals surface area contributed by atoms with Crippen LogP contribution in [0, 0.1) is 11.2 Å². The van der Waals surface area contributed by atoms with E-state index >= 15 is 4.39 Å². The highest BCUT2D eigenvalue weighted by Gasteiger charge is 2.66. The van der Waals surface area contributed by atoms with E-state index in [1.807, 2.05) is 20.8 Å². The lowest BCUT2D eigenvalue weighted by molar-refractivity contribution is -0.122. The first-order valence-corrected chi connectivity index (χ1v) is 14.5. The molecule has 0 bridgehead atoms. The van der Waals surface area contributed by atoms with E-state index in [4.69, 9.17) is 32.7 Å². The van der Waals surface area contributed by atoms with Crippen molar-refractivity contribution in [2.75, 3.05) is 24.9 Å². The molecule has 1 saturated heterocycles. The number of esters is 1. The highest BCUT2D eigenvalue weighted by Crippen LogP contribution is 2.57. The average molecular weight is 629 g/mol. The first kappa shape index (κ1) is 30.8. The Morgan fingerprint density at radius 2 is 1.81 bits per heavy atom. The van der Waals surface area contributed by atoms with Crippen molar-refractivity contribution in [2.24, 2.45) is 5.41 Å². The summed E-state index contributed by atoms with van der Waals surface area (Å²) in [4.78, 5) is 40.6. The summed E-state index contributed by atoms with van der Waals surface area (Å²) in [7, 11) is 2.65. The molecule has 5 rings (SSSR count). The van der Waals surface area contributed by atoms with Gasteiger partial charge in [0.2, 0.25) is 11.8 Å². The molecule has 2 aliphatic rings. The lowest BCUT2D eigenvalue weighted by Crippen LogP contribution is -2.49. The summed E-state index contributed by atoms with van der Waals surface area (Å²) in [6.45, 7) is 6.11. The molecule has 43 heavy (non-hydrogen) atoms. The maximum absolute atomic E-state index is 15.9. The number of fused-ring (bicyclic) bond motifs is 2. The van der Waals surface area contributed by atoms with Gasteiger partial charge in [0.1, 0.15) is 22.5 Å². The Labute approximate surface area is 259 Å². The Bertz CT molecular complexity index is 1620. The largest absolute Gasteiger partial charge is 0.496 e. The van der Waals surface area contributed by atoms with Crippen LogP contribution in [0.1, 0.15) is 54.6 Å². The number of rotatable bonds is 6. The summed E-state index contributed by atoms with van der Waals surface area (Å²) in [5.74, 6) is -2.98. The zero-order valence-corrected chi connectivity index (χ0v) is 25.8. The fraction of sp³-hybridized carbons (Fsp3) is 0.344. The summed E-state index contributed by atoms with van der Waals surface area (Å²) >= 11 is 12.6. The molecule has 2 amide bonds. The third-order valence-corrected chi connectivity index (χ3v) is 8.62. The summed E-state index contributed by atoms with van der Waals surface area (Å²) < 4.78 is 26.1. The second kappa shape index (κ2) is 11.4. The van der Waals surface area contributed by atoms with Crippen LogP contribution in [0.4, 0.5) is 15.8 Å². The number of anilines is 2. The maximum Gasteiger partial charge on any atom is 0.341 e.